The van der Waals surface area contributed by atoms with Gasteiger partial charge in [-0.3, -0.25) is 14.9 Å². The van der Waals surface area contributed by atoms with Crippen molar-refractivity contribution in [2.45, 2.75) is 13.0 Å². The number of rotatable bonds is 4. The first-order valence-corrected chi connectivity index (χ1v) is 6.89. The second-order valence-corrected chi connectivity index (χ2v) is 5.36. The van der Waals surface area contributed by atoms with E-state index in [0.717, 1.165) is 11.1 Å². The Labute approximate surface area is 123 Å². The number of thiophene rings is 1. The van der Waals surface area contributed by atoms with Crippen LogP contribution in [0, 0.1) is 10.1 Å². The predicted octanol–water partition coefficient (Wildman–Crippen LogP) is 3.20. The molecule has 0 saturated carbocycles. The van der Waals surface area contributed by atoms with Crippen molar-refractivity contribution in [3.8, 4) is 0 Å². The number of nitro groups is 1. The maximum Gasteiger partial charge on any atom is 0.300 e. The van der Waals surface area contributed by atoms with Crippen LogP contribution in [0.2, 0.25) is 5.15 Å². The van der Waals surface area contributed by atoms with Crippen molar-refractivity contribution >= 4 is 34.5 Å². The number of nitrogens with one attached hydrogen (secondary N) is 1. The van der Waals surface area contributed by atoms with E-state index in [1.165, 1.54) is 17.4 Å². The third-order valence-corrected chi connectivity index (χ3v) is 3.87. The van der Waals surface area contributed by atoms with Crippen LogP contribution < -0.4 is 5.32 Å². The molecule has 2 heterocycles. The van der Waals surface area contributed by atoms with E-state index in [1.807, 2.05) is 17.5 Å². The number of halogens is 1. The number of nitrogens with zero attached hydrogens (tertiary/aromatic N) is 2. The van der Waals surface area contributed by atoms with Crippen LogP contribution in [0.25, 0.3) is 0 Å². The van der Waals surface area contributed by atoms with E-state index in [4.69, 9.17) is 11.6 Å². The molecule has 1 amide bonds. The summed E-state index contributed by atoms with van der Waals surface area (Å²) in [5, 5.41) is 15.5. The minimum atomic E-state index is -0.659. The molecule has 1 N–H and O–H groups in total. The van der Waals surface area contributed by atoms with E-state index in [1.54, 1.807) is 6.92 Å². The monoisotopic (exact) mass is 311 g/mol. The standard InChI is InChI=1S/C12H10ClN3O3S/c1-7(10-3-2-4-20-10)15-12(17)8-5-11(13)14-6-9(8)16(18)19/h2-7H,1H3,(H,15,17). The van der Waals surface area contributed by atoms with Crippen molar-refractivity contribution in [1.29, 1.82) is 0 Å². The maximum atomic E-state index is 12.1. The van der Waals surface area contributed by atoms with Crippen LogP contribution in [0.3, 0.4) is 0 Å². The minimum Gasteiger partial charge on any atom is -0.344 e. The summed E-state index contributed by atoms with van der Waals surface area (Å²) in [6.07, 6.45) is 0.979. The van der Waals surface area contributed by atoms with Gasteiger partial charge in [-0.1, -0.05) is 17.7 Å². The van der Waals surface area contributed by atoms with Crippen molar-refractivity contribution in [3.63, 3.8) is 0 Å². The van der Waals surface area contributed by atoms with Crippen molar-refractivity contribution in [2.24, 2.45) is 0 Å². The van der Waals surface area contributed by atoms with Gasteiger partial charge >= 0.3 is 0 Å². The molecular weight excluding hydrogens is 302 g/mol. The largest absolute Gasteiger partial charge is 0.344 e. The lowest BCUT2D eigenvalue weighted by Crippen LogP contribution is -2.26. The Morgan fingerprint density at radius 1 is 1.60 bits per heavy atom. The quantitative estimate of drug-likeness (QED) is 0.534. The van der Waals surface area contributed by atoms with E-state index >= 15 is 0 Å². The molecular formula is C12H10ClN3O3S. The second-order valence-electron chi connectivity index (χ2n) is 3.99. The first-order valence-electron chi connectivity index (χ1n) is 5.63. The van der Waals surface area contributed by atoms with Gasteiger partial charge in [0.05, 0.1) is 11.0 Å². The zero-order valence-electron chi connectivity index (χ0n) is 10.4. The summed E-state index contributed by atoms with van der Waals surface area (Å²) in [5.41, 5.74) is -0.469. The molecule has 1 atom stereocenters. The Hall–Kier alpha value is -1.99. The fourth-order valence-corrected chi connectivity index (χ4v) is 2.53. The molecule has 0 aromatic carbocycles. The molecule has 0 bridgehead atoms. The van der Waals surface area contributed by atoms with Crippen molar-refractivity contribution in [3.05, 3.63) is 55.5 Å². The normalized spacial score (nSPS) is 11.9. The molecule has 2 rings (SSSR count). The van der Waals surface area contributed by atoms with Crippen LogP contribution >= 0.6 is 22.9 Å². The lowest BCUT2D eigenvalue weighted by atomic mass is 10.2. The van der Waals surface area contributed by atoms with Gasteiger partial charge in [0, 0.05) is 4.88 Å². The number of hydrogen-bond acceptors (Lipinski definition) is 5. The van der Waals surface area contributed by atoms with E-state index in [2.05, 4.69) is 10.3 Å². The van der Waals surface area contributed by atoms with E-state index in [-0.39, 0.29) is 22.4 Å². The Morgan fingerprint density at radius 2 is 2.35 bits per heavy atom. The van der Waals surface area contributed by atoms with Gasteiger partial charge in [-0.15, -0.1) is 11.3 Å². The van der Waals surface area contributed by atoms with Gasteiger partial charge in [0.1, 0.15) is 16.9 Å². The summed E-state index contributed by atoms with van der Waals surface area (Å²) < 4.78 is 0. The molecule has 8 heteroatoms. The van der Waals surface area contributed by atoms with E-state index in [0.29, 0.717) is 0 Å². The summed E-state index contributed by atoms with van der Waals surface area (Å²) in [5.74, 6) is -0.554. The molecule has 1 unspecified atom stereocenters. The summed E-state index contributed by atoms with van der Waals surface area (Å²) in [6.45, 7) is 1.80. The Bertz CT molecular complexity index is 645. The number of hydrogen-bond donors (Lipinski definition) is 1. The molecule has 0 aliphatic carbocycles. The van der Waals surface area contributed by atoms with Crippen LogP contribution in [0.1, 0.15) is 28.2 Å². The molecule has 0 aliphatic heterocycles. The molecule has 2 aromatic rings. The minimum absolute atomic E-state index is 0.0320. The third-order valence-electron chi connectivity index (χ3n) is 2.61. The summed E-state index contributed by atoms with van der Waals surface area (Å²) in [7, 11) is 0. The molecule has 6 nitrogen and oxygen atoms in total. The molecule has 2 aromatic heterocycles. The van der Waals surface area contributed by atoms with Gasteiger partial charge in [-0.05, 0) is 24.4 Å². The lowest BCUT2D eigenvalue weighted by molar-refractivity contribution is -0.385. The third kappa shape index (κ3) is 3.12. The Morgan fingerprint density at radius 3 is 2.95 bits per heavy atom. The van der Waals surface area contributed by atoms with Gasteiger partial charge in [0.15, 0.2) is 0 Å². The highest BCUT2D eigenvalue weighted by Gasteiger charge is 2.23. The number of carbonyl (C=O) groups is 1. The number of amides is 1. The first-order chi connectivity index (χ1) is 9.49. The summed E-state index contributed by atoms with van der Waals surface area (Å²) >= 11 is 7.18. The lowest BCUT2D eigenvalue weighted by Gasteiger charge is -2.12. The average molecular weight is 312 g/mol. The van der Waals surface area contributed by atoms with Crippen LogP contribution in [-0.4, -0.2) is 15.8 Å². The zero-order chi connectivity index (χ0) is 14.7. The van der Waals surface area contributed by atoms with Gasteiger partial charge in [0.25, 0.3) is 11.6 Å². The maximum absolute atomic E-state index is 12.1. The molecule has 0 saturated heterocycles. The summed E-state index contributed by atoms with van der Waals surface area (Å²) in [4.78, 5) is 26.9. The fourth-order valence-electron chi connectivity index (χ4n) is 1.63. The zero-order valence-corrected chi connectivity index (χ0v) is 11.9. The van der Waals surface area contributed by atoms with Crippen LogP contribution in [0.5, 0.6) is 0 Å². The molecule has 0 radical (unpaired) electrons. The predicted molar refractivity (Wildman–Crippen MR) is 76.1 cm³/mol. The van der Waals surface area contributed by atoms with E-state index < -0.39 is 10.8 Å². The van der Waals surface area contributed by atoms with Crippen molar-refractivity contribution < 1.29 is 9.72 Å². The number of aromatic nitrogens is 1. The van der Waals surface area contributed by atoms with Crippen LogP contribution in [0.4, 0.5) is 5.69 Å². The smallest absolute Gasteiger partial charge is 0.300 e. The highest BCUT2D eigenvalue weighted by atomic mass is 35.5. The van der Waals surface area contributed by atoms with Crippen molar-refractivity contribution in [2.75, 3.05) is 0 Å². The molecule has 20 heavy (non-hydrogen) atoms. The van der Waals surface area contributed by atoms with Gasteiger partial charge in [0.2, 0.25) is 0 Å². The van der Waals surface area contributed by atoms with Gasteiger partial charge in [-0.2, -0.15) is 0 Å². The van der Waals surface area contributed by atoms with Crippen LogP contribution in [0.15, 0.2) is 29.8 Å². The van der Waals surface area contributed by atoms with Crippen LogP contribution in [-0.2, 0) is 0 Å². The molecule has 0 fully saturated rings. The highest BCUT2D eigenvalue weighted by Crippen LogP contribution is 2.23. The first kappa shape index (κ1) is 14.4. The number of carbonyl (C=O) groups excluding carboxylic acids is 1. The molecule has 104 valence electrons. The van der Waals surface area contributed by atoms with Crippen molar-refractivity contribution in [1.82, 2.24) is 10.3 Å². The molecule has 0 aliphatic rings. The summed E-state index contributed by atoms with van der Waals surface area (Å²) in [6, 6.07) is 4.70. The molecule has 0 spiro atoms. The SMILES string of the molecule is CC(NC(=O)c1cc(Cl)ncc1[N+](=O)[O-])c1cccs1. The van der Waals surface area contributed by atoms with Gasteiger partial charge < -0.3 is 5.32 Å². The van der Waals surface area contributed by atoms with Gasteiger partial charge in [-0.25, -0.2) is 4.98 Å². The topological polar surface area (TPSA) is 85.1 Å². The fraction of sp³-hybridized carbons (Fsp3) is 0.167. The Balaban J connectivity index is 2.25. The second kappa shape index (κ2) is 5.98. The van der Waals surface area contributed by atoms with E-state index in [9.17, 15) is 14.9 Å². The highest BCUT2D eigenvalue weighted by molar-refractivity contribution is 7.10. The number of pyridine rings is 1. The average Bonchev–Trinajstić information content (AvgIpc) is 2.92. The Kier molecular flexibility index (Phi) is 4.31.